The molecule has 3 atom stereocenters. The Morgan fingerprint density at radius 2 is 2.19 bits per heavy atom. The van der Waals surface area contributed by atoms with Gasteiger partial charge >= 0.3 is 0 Å². The third-order valence-electron chi connectivity index (χ3n) is 4.38. The zero-order valence-corrected chi connectivity index (χ0v) is 12.0. The van der Waals surface area contributed by atoms with Crippen molar-refractivity contribution in [2.75, 3.05) is 38.3 Å². The van der Waals surface area contributed by atoms with E-state index in [9.17, 15) is 9.18 Å². The minimum absolute atomic E-state index is 0.0423. The predicted octanol–water partition coefficient (Wildman–Crippen LogP) is 0.451. The van der Waals surface area contributed by atoms with E-state index < -0.39 is 5.82 Å². The van der Waals surface area contributed by atoms with Gasteiger partial charge in [0.25, 0.3) is 0 Å². The number of carbonyl (C=O) groups excluding carboxylic acids is 1. The van der Waals surface area contributed by atoms with Gasteiger partial charge in [-0.1, -0.05) is 0 Å². The molecule has 0 saturated carbocycles. The minimum Gasteiger partial charge on any atom is -0.381 e. The van der Waals surface area contributed by atoms with Gasteiger partial charge in [-0.15, -0.1) is 0 Å². The van der Waals surface area contributed by atoms with Crippen LogP contribution >= 0.6 is 0 Å². The Bertz CT molecular complexity index is 510. The van der Waals surface area contributed by atoms with Gasteiger partial charge in [-0.05, 0) is 11.8 Å². The molecule has 2 fully saturated rings. The lowest BCUT2D eigenvalue weighted by molar-refractivity contribution is -0.124. The Kier molecular flexibility index (Phi) is 4.01. The van der Waals surface area contributed by atoms with E-state index in [1.54, 1.807) is 7.05 Å². The topological polar surface area (TPSA) is 67.3 Å². The molecule has 0 radical (unpaired) electrons. The van der Waals surface area contributed by atoms with Crippen molar-refractivity contribution in [3.05, 3.63) is 18.2 Å². The monoisotopic (exact) mass is 294 g/mol. The van der Waals surface area contributed by atoms with Crippen molar-refractivity contribution >= 4 is 11.9 Å². The lowest BCUT2D eigenvalue weighted by Crippen LogP contribution is -2.37. The highest BCUT2D eigenvalue weighted by atomic mass is 19.1. The molecule has 0 unspecified atom stereocenters. The summed E-state index contributed by atoms with van der Waals surface area (Å²) in [6.45, 7) is 2.90. The number of hydrogen-bond donors (Lipinski definition) is 1. The lowest BCUT2D eigenvalue weighted by atomic mass is 9.81. The summed E-state index contributed by atoms with van der Waals surface area (Å²) >= 11 is 0. The van der Waals surface area contributed by atoms with Crippen molar-refractivity contribution in [1.29, 1.82) is 0 Å². The highest BCUT2D eigenvalue weighted by Gasteiger charge is 2.42. The fraction of sp³-hybridized carbons (Fsp3) is 0.643. The molecule has 0 aromatic carbocycles. The summed E-state index contributed by atoms with van der Waals surface area (Å²) in [6.07, 6.45) is 2.85. The third-order valence-corrected chi connectivity index (χ3v) is 4.38. The number of fused-ring (bicyclic) bond motifs is 1. The number of anilines is 1. The van der Waals surface area contributed by atoms with E-state index >= 15 is 0 Å². The second kappa shape index (κ2) is 5.93. The number of ether oxygens (including phenoxy) is 1. The van der Waals surface area contributed by atoms with E-state index in [1.807, 2.05) is 0 Å². The second-order valence-electron chi connectivity index (χ2n) is 5.71. The number of aromatic nitrogens is 2. The van der Waals surface area contributed by atoms with Crippen LogP contribution in [0, 0.1) is 23.6 Å². The Morgan fingerprint density at radius 3 is 2.90 bits per heavy atom. The highest BCUT2D eigenvalue weighted by molar-refractivity contribution is 5.75. The summed E-state index contributed by atoms with van der Waals surface area (Å²) in [4.78, 5) is 21.7. The van der Waals surface area contributed by atoms with E-state index in [0.29, 0.717) is 37.4 Å². The summed E-state index contributed by atoms with van der Waals surface area (Å²) < 4.78 is 18.5. The predicted molar refractivity (Wildman–Crippen MR) is 74.2 cm³/mol. The number of nitrogens with zero attached hydrogens (tertiary/aromatic N) is 3. The molecule has 1 N–H and O–H groups in total. The molecule has 3 heterocycles. The van der Waals surface area contributed by atoms with Gasteiger partial charge in [-0.25, -0.2) is 14.4 Å². The summed E-state index contributed by atoms with van der Waals surface area (Å²) in [5.41, 5.74) is 0. The molecule has 2 aliphatic rings. The first-order chi connectivity index (χ1) is 10.2. The molecule has 21 heavy (non-hydrogen) atoms. The Morgan fingerprint density at radius 1 is 1.43 bits per heavy atom. The van der Waals surface area contributed by atoms with Crippen LogP contribution < -0.4 is 10.2 Å². The first-order valence-corrected chi connectivity index (χ1v) is 7.18. The van der Waals surface area contributed by atoms with Crippen LogP contribution in [0.15, 0.2) is 12.4 Å². The third kappa shape index (κ3) is 2.97. The van der Waals surface area contributed by atoms with Crippen LogP contribution in [-0.2, 0) is 9.53 Å². The van der Waals surface area contributed by atoms with Crippen LogP contribution in [0.25, 0.3) is 0 Å². The van der Waals surface area contributed by atoms with Crippen molar-refractivity contribution in [3.63, 3.8) is 0 Å². The normalized spacial score (nSPS) is 28.3. The molecular weight excluding hydrogens is 275 g/mol. The van der Waals surface area contributed by atoms with E-state index in [2.05, 4.69) is 20.2 Å². The average Bonchev–Trinajstić information content (AvgIpc) is 2.93. The summed E-state index contributed by atoms with van der Waals surface area (Å²) in [5, 5.41) is 2.67. The molecule has 0 spiro atoms. The molecule has 114 valence electrons. The molecule has 6 nitrogen and oxygen atoms in total. The van der Waals surface area contributed by atoms with Gasteiger partial charge in [-0.2, -0.15) is 0 Å². The maximum absolute atomic E-state index is 12.9. The van der Waals surface area contributed by atoms with E-state index in [-0.39, 0.29) is 11.8 Å². The SMILES string of the molecule is CNC(=O)C[C@@H]1COC[C@H]2CN(c3ncc(F)cn3)C[C@@H]12. The van der Waals surface area contributed by atoms with Crippen LogP contribution in [0.5, 0.6) is 0 Å². The number of hydrogen-bond acceptors (Lipinski definition) is 5. The lowest BCUT2D eigenvalue weighted by Gasteiger charge is -2.32. The van der Waals surface area contributed by atoms with Crippen molar-refractivity contribution in [2.45, 2.75) is 6.42 Å². The first kappa shape index (κ1) is 14.2. The molecule has 1 amide bonds. The van der Waals surface area contributed by atoms with Gasteiger partial charge in [0.05, 0.1) is 25.6 Å². The van der Waals surface area contributed by atoms with Crippen LogP contribution in [0.3, 0.4) is 0 Å². The molecule has 7 heteroatoms. The molecular formula is C14H19FN4O2. The minimum atomic E-state index is -0.434. The molecule has 0 bridgehead atoms. The Hall–Kier alpha value is -1.76. The second-order valence-corrected chi connectivity index (χ2v) is 5.71. The number of rotatable bonds is 3. The molecule has 3 rings (SSSR count). The highest BCUT2D eigenvalue weighted by Crippen LogP contribution is 2.36. The Balaban J connectivity index is 1.70. The van der Waals surface area contributed by atoms with Gasteiger partial charge in [0.1, 0.15) is 0 Å². The number of carbonyl (C=O) groups is 1. The number of nitrogens with one attached hydrogen (secondary N) is 1. The zero-order chi connectivity index (χ0) is 14.8. The molecule has 1 aromatic heterocycles. The van der Waals surface area contributed by atoms with Gasteiger partial charge in [0.2, 0.25) is 11.9 Å². The largest absolute Gasteiger partial charge is 0.381 e. The first-order valence-electron chi connectivity index (χ1n) is 7.18. The average molecular weight is 294 g/mol. The zero-order valence-electron chi connectivity index (χ0n) is 12.0. The fourth-order valence-corrected chi connectivity index (χ4v) is 3.28. The van der Waals surface area contributed by atoms with Crippen LogP contribution in [0.2, 0.25) is 0 Å². The maximum atomic E-state index is 12.9. The van der Waals surface area contributed by atoms with Gasteiger partial charge in [-0.3, -0.25) is 4.79 Å². The molecule has 1 aromatic rings. The summed E-state index contributed by atoms with van der Waals surface area (Å²) in [6, 6.07) is 0. The fourth-order valence-electron chi connectivity index (χ4n) is 3.28. The van der Waals surface area contributed by atoms with Gasteiger partial charge in [0, 0.05) is 32.5 Å². The quantitative estimate of drug-likeness (QED) is 0.877. The van der Waals surface area contributed by atoms with Crippen molar-refractivity contribution < 1.29 is 13.9 Å². The van der Waals surface area contributed by atoms with Gasteiger partial charge < -0.3 is 15.0 Å². The maximum Gasteiger partial charge on any atom is 0.225 e. The van der Waals surface area contributed by atoms with Crippen molar-refractivity contribution in [1.82, 2.24) is 15.3 Å². The van der Waals surface area contributed by atoms with Crippen LogP contribution in [0.4, 0.5) is 10.3 Å². The summed E-state index contributed by atoms with van der Waals surface area (Å²) in [7, 11) is 1.65. The molecule has 2 saturated heterocycles. The van der Waals surface area contributed by atoms with Crippen LogP contribution in [-0.4, -0.2) is 49.2 Å². The van der Waals surface area contributed by atoms with E-state index in [0.717, 1.165) is 13.1 Å². The smallest absolute Gasteiger partial charge is 0.225 e. The van der Waals surface area contributed by atoms with Crippen molar-refractivity contribution in [2.24, 2.45) is 17.8 Å². The standard InChI is InChI=1S/C14H19FN4O2/c1-16-13(20)2-9-7-21-8-10-5-19(6-12(9)10)14-17-3-11(15)4-18-14/h3-4,9-10,12H,2,5-8H2,1H3,(H,16,20)/t9-,10-,12+/m1/s1. The van der Waals surface area contributed by atoms with E-state index in [4.69, 9.17) is 4.74 Å². The molecule has 0 aliphatic carbocycles. The van der Waals surface area contributed by atoms with Gasteiger partial charge in [0.15, 0.2) is 5.82 Å². The Labute approximate surface area is 122 Å². The molecule has 2 aliphatic heterocycles. The number of halogens is 1. The summed E-state index contributed by atoms with van der Waals surface area (Å²) in [5.74, 6) is 1.14. The van der Waals surface area contributed by atoms with Crippen molar-refractivity contribution in [3.8, 4) is 0 Å². The number of amides is 1. The van der Waals surface area contributed by atoms with Crippen LogP contribution in [0.1, 0.15) is 6.42 Å². The van der Waals surface area contributed by atoms with E-state index in [1.165, 1.54) is 12.4 Å².